The zero-order chi connectivity index (χ0) is 21.8. The van der Waals surface area contributed by atoms with Crippen molar-refractivity contribution >= 4 is 23.4 Å². The van der Waals surface area contributed by atoms with Crippen LogP contribution in [-0.4, -0.2) is 70.1 Å². The minimum Gasteiger partial charge on any atom is -0.480 e. The summed E-state index contributed by atoms with van der Waals surface area (Å²) in [6.45, 7) is 1.82. The molecular weight excluding hydrogens is 418 g/mol. The molecular formula is C22H20ClN5O3. The summed E-state index contributed by atoms with van der Waals surface area (Å²) in [7, 11) is 1.53. The van der Waals surface area contributed by atoms with Crippen molar-refractivity contribution in [3.8, 4) is 17.1 Å². The van der Waals surface area contributed by atoms with Gasteiger partial charge >= 0.3 is 0 Å². The molecule has 1 aromatic carbocycles. The van der Waals surface area contributed by atoms with E-state index in [4.69, 9.17) is 16.3 Å². The number of hydrogen-bond donors (Lipinski definition) is 0. The van der Waals surface area contributed by atoms with Crippen molar-refractivity contribution in [3.63, 3.8) is 0 Å². The smallest absolute Gasteiger partial charge is 0.255 e. The summed E-state index contributed by atoms with van der Waals surface area (Å²) in [6, 6.07) is 14.0. The molecule has 3 aromatic rings. The molecule has 8 nitrogen and oxygen atoms in total. The predicted octanol–water partition coefficient (Wildman–Crippen LogP) is 2.80. The summed E-state index contributed by atoms with van der Waals surface area (Å²) in [6.07, 6.45) is 1.47. The van der Waals surface area contributed by atoms with E-state index in [1.807, 2.05) is 12.1 Å². The van der Waals surface area contributed by atoms with Crippen LogP contribution in [0.15, 0.2) is 54.7 Å². The number of nitrogens with zero attached hydrogens (tertiary/aromatic N) is 5. The summed E-state index contributed by atoms with van der Waals surface area (Å²) in [5.41, 5.74) is 2.50. The molecule has 31 heavy (non-hydrogen) atoms. The Morgan fingerprint density at radius 1 is 0.903 bits per heavy atom. The largest absolute Gasteiger partial charge is 0.480 e. The SMILES string of the molecule is COc1ccc(-c2cccc(C(=O)N3CCN(C(=O)c4ccc(Cl)nc4)CC3)c2)nn1. The Hall–Kier alpha value is -3.52. The quantitative estimate of drug-likeness (QED) is 0.583. The molecule has 9 heteroatoms. The Labute approximate surface area is 184 Å². The van der Waals surface area contributed by atoms with Crippen LogP contribution in [0.1, 0.15) is 20.7 Å². The number of carbonyl (C=O) groups excluding carboxylic acids is 2. The Bertz CT molecular complexity index is 1080. The molecule has 158 valence electrons. The number of piperazine rings is 1. The maximum absolute atomic E-state index is 13.0. The van der Waals surface area contributed by atoms with Gasteiger partial charge in [0.25, 0.3) is 11.8 Å². The minimum absolute atomic E-state index is 0.0800. The highest BCUT2D eigenvalue weighted by atomic mass is 35.5. The average molecular weight is 438 g/mol. The van der Waals surface area contributed by atoms with Crippen molar-refractivity contribution in [2.24, 2.45) is 0 Å². The Balaban J connectivity index is 1.41. The van der Waals surface area contributed by atoms with E-state index in [9.17, 15) is 9.59 Å². The fraction of sp³-hybridized carbons (Fsp3) is 0.227. The van der Waals surface area contributed by atoms with Crippen molar-refractivity contribution < 1.29 is 14.3 Å². The van der Waals surface area contributed by atoms with Gasteiger partial charge in [-0.3, -0.25) is 9.59 Å². The summed E-state index contributed by atoms with van der Waals surface area (Å²) in [5, 5.41) is 8.46. The van der Waals surface area contributed by atoms with Crippen LogP contribution < -0.4 is 4.74 Å². The molecule has 1 fully saturated rings. The lowest BCUT2D eigenvalue weighted by Crippen LogP contribution is -2.50. The van der Waals surface area contributed by atoms with E-state index < -0.39 is 0 Å². The van der Waals surface area contributed by atoms with Crippen LogP contribution in [-0.2, 0) is 0 Å². The number of amides is 2. The molecule has 0 aliphatic carbocycles. The molecule has 0 N–H and O–H groups in total. The summed E-state index contributed by atoms with van der Waals surface area (Å²) >= 11 is 5.78. The molecule has 0 radical (unpaired) electrons. The number of ether oxygens (including phenoxy) is 1. The zero-order valence-electron chi connectivity index (χ0n) is 16.9. The topological polar surface area (TPSA) is 88.5 Å². The fourth-order valence-corrected chi connectivity index (χ4v) is 3.49. The van der Waals surface area contributed by atoms with E-state index in [2.05, 4.69) is 15.2 Å². The highest BCUT2D eigenvalue weighted by Gasteiger charge is 2.26. The lowest BCUT2D eigenvalue weighted by atomic mass is 10.1. The molecule has 3 heterocycles. The Kier molecular flexibility index (Phi) is 6.08. The van der Waals surface area contributed by atoms with E-state index in [0.717, 1.165) is 5.56 Å². The maximum atomic E-state index is 13.0. The van der Waals surface area contributed by atoms with Gasteiger partial charge in [-0.2, -0.15) is 0 Å². The van der Waals surface area contributed by atoms with Gasteiger partial charge in [0.05, 0.1) is 18.4 Å². The number of benzene rings is 1. The van der Waals surface area contributed by atoms with Gasteiger partial charge in [-0.15, -0.1) is 10.2 Å². The van der Waals surface area contributed by atoms with Gasteiger partial charge in [-0.25, -0.2) is 4.98 Å². The van der Waals surface area contributed by atoms with Crippen molar-refractivity contribution in [1.29, 1.82) is 0 Å². The molecule has 0 bridgehead atoms. The predicted molar refractivity (Wildman–Crippen MR) is 115 cm³/mol. The van der Waals surface area contributed by atoms with Crippen molar-refractivity contribution in [2.45, 2.75) is 0 Å². The van der Waals surface area contributed by atoms with E-state index in [-0.39, 0.29) is 11.8 Å². The highest BCUT2D eigenvalue weighted by Crippen LogP contribution is 2.20. The Morgan fingerprint density at radius 3 is 2.19 bits per heavy atom. The zero-order valence-corrected chi connectivity index (χ0v) is 17.6. The molecule has 0 unspecified atom stereocenters. The molecule has 1 aliphatic rings. The number of hydrogen-bond acceptors (Lipinski definition) is 6. The third-order valence-corrected chi connectivity index (χ3v) is 5.31. The van der Waals surface area contributed by atoms with Crippen molar-refractivity contribution in [3.05, 3.63) is 71.0 Å². The Morgan fingerprint density at radius 2 is 1.61 bits per heavy atom. The monoisotopic (exact) mass is 437 g/mol. The second kappa shape index (κ2) is 9.09. The number of aromatic nitrogens is 3. The molecule has 2 aromatic heterocycles. The van der Waals surface area contributed by atoms with E-state index in [1.54, 1.807) is 46.2 Å². The van der Waals surface area contributed by atoms with Crippen molar-refractivity contribution in [2.75, 3.05) is 33.3 Å². The van der Waals surface area contributed by atoms with E-state index >= 15 is 0 Å². The molecule has 4 rings (SSSR count). The third kappa shape index (κ3) is 4.64. The minimum atomic E-state index is -0.114. The van der Waals surface area contributed by atoms with E-state index in [0.29, 0.717) is 54.0 Å². The summed E-state index contributed by atoms with van der Waals surface area (Å²) in [5.74, 6) is 0.234. The maximum Gasteiger partial charge on any atom is 0.255 e. The van der Waals surface area contributed by atoms with Gasteiger partial charge in [0, 0.05) is 49.6 Å². The molecule has 0 spiro atoms. The number of carbonyl (C=O) groups is 2. The average Bonchev–Trinajstić information content (AvgIpc) is 2.84. The van der Waals surface area contributed by atoms with E-state index in [1.165, 1.54) is 13.3 Å². The number of halogens is 1. The van der Waals surface area contributed by atoms with Crippen molar-refractivity contribution in [1.82, 2.24) is 25.0 Å². The van der Waals surface area contributed by atoms with Crippen LogP contribution in [0.4, 0.5) is 0 Å². The van der Waals surface area contributed by atoms with Crippen LogP contribution in [0, 0.1) is 0 Å². The molecule has 0 saturated carbocycles. The van der Waals surface area contributed by atoms with Gasteiger partial charge < -0.3 is 14.5 Å². The number of rotatable bonds is 4. The second-order valence-electron chi connectivity index (χ2n) is 7.00. The van der Waals surface area contributed by atoms with Gasteiger partial charge in [0.2, 0.25) is 5.88 Å². The van der Waals surface area contributed by atoms with Crippen LogP contribution in [0.3, 0.4) is 0 Å². The number of pyridine rings is 1. The molecule has 2 amide bonds. The lowest BCUT2D eigenvalue weighted by molar-refractivity contribution is 0.0535. The standard InChI is InChI=1S/C22H20ClN5O3/c1-31-20-8-6-18(25-26-20)15-3-2-4-16(13-15)21(29)27-9-11-28(12-10-27)22(30)17-5-7-19(23)24-14-17/h2-8,13-14H,9-12H2,1H3. The van der Waals surface area contributed by atoms with Gasteiger partial charge in [0.15, 0.2) is 0 Å². The van der Waals surface area contributed by atoms with Crippen LogP contribution in [0.25, 0.3) is 11.3 Å². The van der Waals surface area contributed by atoms with Crippen LogP contribution in [0.5, 0.6) is 5.88 Å². The fourth-order valence-electron chi connectivity index (χ4n) is 3.37. The lowest BCUT2D eigenvalue weighted by Gasteiger charge is -2.34. The second-order valence-corrected chi connectivity index (χ2v) is 7.38. The van der Waals surface area contributed by atoms with Gasteiger partial charge in [0.1, 0.15) is 5.15 Å². The molecule has 1 saturated heterocycles. The summed E-state index contributed by atoms with van der Waals surface area (Å²) in [4.78, 5) is 33.1. The van der Waals surface area contributed by atoms with Gasteiger partial charge in [-0.1, -0.05) is 23.7 Å². The van der Waals surface area contributed by atoms with Gasteiger partial charge in [-0.05, 0) is 30.3 Å². The first kappa shape index (κ1) is 20.7. The summed E-state index contributed by atoms with van der Waals surface area (Å²) < 4.78 is 5.03. The molecule has 0 atom stereocenters. The highest BCUT2D eigenvalue weighted by molar-refractivity contribution is 6.29. The first-order chi connectivity index (χ1) is 15.0. The first-order valence-corrected chi connectivity index (χ1v) is 10.1. The normalized spacial score (nSPS) is 13.7. The van der Waals surface area contributed by atoms with Crippen LogP contribution in [0.2, 0.25) is 5.15 Å². The third-order valence-electron chi connectivity index (χ3n) is 5.08. The number of methoxy groups -OCH3 is 1. The van der Waals surface area contributed by atoms with Crippen LogP contribution >= 0.6 is 11.6 Å². The first-order valence-electron chi connectivity index (χ1n) is 9.73. The molecule has 1 aliphatic heterocycles.